The van der Waals surface area contributed by atoms with Crippen molar-refractivity contribution in [3.8, 4) is 5.75 Å². The maximum Gasteiger partial charge on any atom is 0.324 e. The lowest BCUT2D eigenvalue weighted by atomic mass is 10.3. The summed E-state index contributed by atoms with van der Waals surface area (Å²) in [5.74, 6) is -0.993. The summed E-state index contributed by atoms with van der Waals surface area (Å²) in [6, 6.07) is 3.76. The van der Waals surface area contributed by atoms with Crippen LogP contribution in [0, 0.1) is 10.1 Å². The summed E-state index contributed by atoms with van der Waals surface area (Å²) in [6.45, 7) is -0.171. The lowest BCUT2D eigenvalue weighted by Gasteiger charge is -2.15. The molecule has 1 aromatic rings. The van der Waals surface area contributed by atoms with E-state index in [9.17, 15) is 14.9 Å². The first-order valence-corrected chi connectivity index (χ1v) is 6.83. The average Bonchev–Trinajstić information content (AvgIpc) is 3.18. The van der Waals surface area contributed by atoms with Crippen molar-refractivity contribution in [2.24, 2.45) is 0 Å². The summed E-state index contributed by atoms with van der Waals surface area (Å²) in [7, 11) is 0. The number of aliphatic carboxylic acids is 1. The minimum absolute atomic E-state index is 0.0429. The number of hydrogen-bond acceptors (Lipinski definition) is 5. The number of rotatable bonds is 7. The highest BCUT2D eigenvalue weighted by Gasteiger charge is 2.29. The second kappa shape index (κ2) is 6.19. The molecule has 0 spiro atoms. The molecule has 0 bridgehead atoms. The average molecular weight is 345 g/mol. The van der Waals surface area contributed by atoms with E-state index in [2.05, 4.69) is 21.2 Å². The third-order valence-electron chi connectivity index (χ3n) is 2.85. The molecule has 0 aliphatic heterocycles. The van der Waals surface area contributed by atoms with Crippen LogP contribution in [0.1, 0.15) is 12.8 Å². The quantitative estimate of drug-likeness (QED) is 0.578. The van der Waals surface area contributed by atoms with E-state index < -0.39 is 16.9 Å². The molecule has 0 amide bonds. The van der Waals surface area contributed by atoms with Crippen LogP contribution in [0.5, 0.6) is 5.75 Å². The van der Waals surface area contributed by atoms with Gasteiger partial charge in [0.1, 0.15) is 12.6 Å². The third-order valence-corrected chi connectivity index (χ3v) is 3.47. The van der Waals surface area contributed by atoms with Crippen molar-refractivity contribution in [2.45, 2.75) is 24.9 Å². The van der Waals surface area contributed by atoms with Gasteiger partial charge in [-0.15, -0.1) is 0 Å². The lowest BCUT2D eigenvalue weighted by Crippen LogP contribution is -2.42. The molecule has 2 rings (SSSR count). The Morgan fingerprint density at radius 2 is 2.30 bits per heavy atom. The van der Waals surface area contributed by atoms with Gasteiger partial charge in [0.15, 0.2) is 0 Å². The Hall–Kier alpha value is -1.67. The van der Waals surface area contributed by atoms with Gasteiger partial charge in [-0.1, -0.05) is 6.07 Å². The van der Waals surface area contributed by atoms with Crippen molar-refractivity contribution in [3.63, 3.8) is 0 Å². The minimum Gasteiger partial charge on any atom is -0.484 e. The number of carboxylic acid groups (broad SMARTS) is 1. The van der Waals surface area contributed by atoms with Crippen LogP contribution in [0.2, 0.25) is 0 Å². The van der Waals surface area contributed by atoms with Crippen molar-refractivity contribution >= 4 is 27.6 Å². The van der Waals surface area contributed by atoms with Crippen molar-refractivity contribution in [1.82, 2.24) is 5.32 Å². The SMILES string of the molecule is O=C(O)C(COc1c(Br)cccc1[N+](=O)[O-])NC1CC1. The van der Waals surface area contributed by atoms with Gasteiger partial charge in [0.25, 0.3) is 0 Å². The normalized spacial score (nSPS) is 15.7. The van der Waals surface area contributed by atoms with E-state index in [1.165, 1.54) is 12.1 Å². The van der Waals surface area contributed by atoms with Crippen LogP contribution in [0.3, 0.4) is 0 Å². The zero-order valence-electron chi connectivity index (χ0n) is 10.4. The standard InChI is InChI=1S/C12H13BrN2O5/c13-8-2-1-3-10(15(18)19)11(8)20-6-9(12(16)17)14-7-4-5-7/h1-3,7,9,14H,4-6H2,(H,16,17). The van der Waals surface area contributed by atoms with Crippen LogP contribution in [-0.2, 0) is 4.79 Å². The van der Waals surface area contributed by atoms with Crippen LogP contribution in [0.15, 0.2) is 22.7 Å². The number of carboxylic acids is 1. The van der Waals surface area contributed by atoms with Crippen LogP contribution in [0.4, 0.5) is 5.69 Å². The van der Waals surface area contributed by atoms with Gasteiger partial charge in [-0.25, -0.2) is 0 Å². The Kier molecular flexibility index (Phi) is 4.56. The number of halogens is 1. The molecular formula is C12H13BrN2O5. The molecule has 1 atom stereocenters. The summed E-state index contributed by atoms with van der Waals surface area (Å²) in [5, 5.41) is 22.9. The Balaban J connectivity index is 2.08. The van der Waals surface area contributed by atoms with Gasteiger partial charge in [0, 0.05) is 12.1 Å². The molecule has 1 aromatic carbocycles. The maximum atomic E-state index is 11.1. The lowest BCUT2D eigenvalue weighted by molar-refractivity contribution is -0.386. The highest BCUT2D eigenvalue weighted by Crippen LogP contribution is 2.34. The highest BCUT2D eigenvalue weighted by atomic mass is 79.9. The van der Waals surface area contributed by atoms with Crippen molar-refractivity contribution in [3.05, 3.63) is 32.8 Å². The van der Waals surface area contributed by atoms with E-state index >= 15 is 0 Å². The van der Waals surface area contributed by atoms with Gasteiger partial charge in [-0.2, -0.15) is 0 Å². The molecule has 7 nitrogen and oxygen atoms in total. The Morgan fingerprint density at radius 3 is 2.85 bits per heavy atom. The molecule has 1 unspecified atom stereocenters. The zero-order chi connectivity index (χ0) is 14.7. The Bertz CT molecular complexity index is 533. The third kappa shape index (κ3) is 3.67. The summed E-state index contributed by atoms with van der Waals surface area (Å²) in [5.41, 5.74) is -0.199. The number of nitro benzene ring substituents is 1. The number of carbonyl (C=O) groups is 1. The van der Waals surface area contributed by atoms with E-state index in [4.69, 9.17) is 9.84 Å². The molecule has 0 radical (unpaired) electrons. The van der Waals surface area contributed by atoms with Crippen molar-refractivity contribution < 1.29 is 19.6 Å². The van der Waals surface area contributed by atoms with Crippen LogP contribution in [-0.4, -0.2) is 34.7 Å². The predicted molar refractivity (Wildman–Crippen MR) is 73.9 cm³/mol. The number of nitro groups is 1. The van der Waals surface area contributed by atoms with E-state index in [1.807, 2.05) is 0 Å². The first-order valence-electron chi connectivity index (χ1n) is 6.03. The van der Waals surface area contributed by atoms with E-state index in [0.29, 0.717) is 4.47 Å². The molecule has 0 saturated heterocycles. The molecule has 1 aliphatic carbocycles. The molecule has 0 heterocycles. The van der Waals surface area contributed by atoms with Crippen LogP contribution >= 0.6 is 15.9 Å². The number of nitrogens with zero attached hydrogens (tertiary/aromatic N) is 1. The zero-order valence-corrected chi connectivity index (χ0v) is 12.0. The summed E-state index contributed by atoms with van der Waals surface area (Å²) >= 11 is 3.17. The second-order valence-corrected chi connectivity index (χ2v) is 5.34. The molecule has 1 saturated carbocycles. The molecular weight excluding hydrogens is 332 g/mol. The number of para-hydroxylation sites is 1. The fourth-order valence-electron chi connectivity index (χ4n) is 1.68. The first-order chi connectivity index (χ1) is 9.49. The summed E-state index contributed by atoms with van der Waals surface area (Å²) in [6.07, 6.45) is 1.89. The monoisotopic (exact) mass is 344 g/mol. The smallest absolute Gasteiger partial charge is 0.324 e. The van der Waals surface area contributed by atoms with Crippen LogP contribution < -0.4 is 10.1 Å². The number of benzene rings is 1. The Morgan fingerprint density at radius 1 is 1.60 bits per heavy atom. The van der Waals surface area contributed by atoms with Gasteiger partial charge in [0.2, 0.25) is 5.75 Å². The minimum atomic E-state index is -1.04. The topological polar surface area (TPSA) is 102 Å². The fraction of sp³-hybridized carbons (Fsp3) is 0.417. The molecule has 0 aromatic heterocycles. The van der Waals surface area contributed by atoms with Gasteiger partial charge in [0.05, 0.1) is 9.40 Å². The predicted octanol–water partition coefficient (Wildman–Crippen LogP) is 1.94. The summed E-state index contributed by atoms with van der Waals surface area (Å²) < 4.78 is 5.77. The maximum absolute atomic E-state index is 11.1. The molecule has 108 valence electrons. The van der Waals surface area contributed by atoms with E-state index in [-0.39, 0.29) is 24.1 Å². The number of nitrogens with one attached hydrogen (secondary N) is 1. The van der Waals surface area contributed by atoms with E-state index in [1.54, 1.807) is 6.07 Å². The van der Waals surface area contributed by atoms with Crippen molar-refractivity contribution in [1.29, 1.82) is 0 Å². The van der Waals surface area contributed by atoms with Gasteiger partial charge < -0.3 is 9.84 Å². The second-order valence-electron chi connectivity index (χ2n) is 4.49. The number of ether oxygens (including phenoxy) is 1. The number of hydrogen-bond donors (Lipinski definition) is 2. The van der Waals surface area contributed by atoms with Gasteiger partial charge in [-0.3, -0.25) is 20.2 Å². The van der Waals surface area contributed by atoms with Crippen molar-refractivity contribution in [2.75, 3.05) is 6.61 Å². The summed E-state index contributed by atoms with van der Waals surface area (Å²) in [4.78, 5) is 21.4. The molecule has 1 aliphatic rings. The molecule has 8 heteroatoms. The van der Waals surface area contributed by atoms with Crippen LogP contribution in [0.25, 0.3) is 0 Å². The largest absolute Gasteiger partial charge is 0.484 e. The fourth-order valence-corrected chi connectivity index (χ4v) is 2.15. The molecule has 20 heavy (non-hydrogen) atoms. The van der Waals surface area contributed by atoms with Gasteiger partial charge in [-0.05, 0) is 34.8 Å². The van der Waals surface area contributed by atoms with Gasteiger partial charge >= 0.3 is 11.7 Å². The molecule has 2 N–H and O–H groups in total. The molecule has 1 fully saturated rings. The van der Waals surface area contributed by atoms with E-state index in [0.717, 1.165) is 12.8 Å². The Labute approximate surface area is 123 Å². The highest BCUT2D eigenvalue weighted by molar-refractivity contribution is 9.10. The first kappa shape index (κ1) is 14.7.